The summed E-state index contributed by atoms with van der Waals surface area (Å²) in [7, 11) is 1.59. The molecule has 0 amide bonds. The summed E-state index contributed by atoms with van der Waals surface area (Å²) >= 11 is 1.15. The standard InChI is InChI=1S/C21H19NO4S/c1-3-26-16-11-9-14(13-17(16)25-2)10-12-18-22-19(20(27-18)21(23)24)15-7-5-4-6-8-15/h4-13H,3H2,1-2H3,(H,23,24)/b12-10+. The molecule has 0 radical (unpaired) electrons. The zero-order valence-corrected chi connectivity index (χ0v) is 15.8. The molecule has 0 aliphatic rings. The second-order valence-electron chi connectivity index (χ2n) is 5.58. The molecule has 5 nitrogen and oxygen atoms in total. The Hall–Kier alpha value is -3.12. The van der Waals surface area contributed by atoms with E-state index in [0.29, 0.717) is 28.8 Å². The van der Waals surface area contributed by atoms with Gasteiger partial charge >= 0.3 is 5.97 Å². The summed E-state index contributed by atoms with van der Waals surface area (Å²) in [4.78, 5) is 16.3. The molecule has 3 aromatic rings. The number of aromatic nitrogens is 1. The maximum Gasteiger partial charge on any atom is 0.348 e. The van der Waals surface area contributed by atoms with Crippen molar-refractivity contribution in [3.63, 3.8) is 0 Å². The van der Waals surface area contributed by atoms with Crippen LogP contribution >= 0.6 is 11.3 Å². The average Bonchev–Trinajstić information content (AvgIpc) is 3.13. The number of hydrogen-bond acceptors (Lipinski definition) is 5. The summed E-state index contributed by atoms with van der Waals surface area (Å²) in [6.07, 6.45) is 3.68. The molecule has 6 heteroatoms. The molecule has 1 aromatic heterocycles. The molecule has 0 aliphatic heterocycles. The highest BCUT2D eigenvalue weighted by Crippen LogP contribution is 2.31. The highest BCUT2D eigenvalue weighted by molar-refractivity contribution is 7.15. The molecule has 0 saturated heterocycles. The highest BCUT2D eigenvalue weighted by Gasteiger charge is 2.17. The van der Waals surface area contributed by atoms with Gasteiger partial charge in [-0.1, -0.05) is 42.5 Å². The second kappa shape index (κ2) is 8.51. The van der Waals surface area contributed by atoms with Gasteiger partial charge in [-0.3, -0.25) is 0 Å². The molecule has 27 heavy (non-hydrogen) atoms. The van der Waals surface area contributed by atoms with E-state index < -0.39 is 5.97 Å². The number of benzene rings is 2. The summed E-state index contributed by atoms with van der Waals surface area (Å²) < 4.78 is 10.9. The second-order valence-corrected chi connectivity index (χ2v) is 6.61. The van der Waals surface area contributed by atoms with E-state index >= 15 is 0 Å². The number of thiazole rings is 1. The molecular formula is C21H19NO4S. The van der Waals surface area contributed by atoms with E-state index in [9.17, 15) is 9.90 Å². The van der Waals surface area contributed by atoms with Gasteiger partial charge in [0.15, 0.2) is 11.5 Å². The van der Waals surface area contributed by atoms with E-state index in [0.717, 1.165) is 22.5 Å². The predicted octanol–water partition coefficient (Wildman–Crippen LogP) is 5.09. The van der Waals surface area contributed by atoms with E-state index in [1.807, 2.05) is 61.5 Å². The van der Waals surface area contributed by atoms with E-state index in [4.69, 9.17) is 9.47 Å². The molecule has 1 N–H and O–H groups in total. The van der Waals surface area contributed by atoms with Crippen LogP contribution in [-0.4, -0.2) is 29.8 Å². The molecule has 0 bridgehead atoms. The van der Waals surface area contributed by atoms with Gasteiger partial charge in [-0.05, 0) is 30.7 Å². The van der Waals surface area contributed by atoms with Crippen LogP contribution in [0.2, 0.25) is 0 Å². The predicted molar refractivity (Wildman–Crippen MR) is 108 cm³/mol. The van der Waals surface area contributed by atoms with Crippen LogP contribution in [0.5, 0.6) is 11.5 Å². The first kappa shape index (κ1) is 18.7. The Kier molecular flexibility index (Phi) is 5.88. The largest absolute Gasteiger partial charge is 0.493 e. The van der Waals surface area contributed by atoms with Gasteiger partial charge in [0, 0.05) is 5.56 Å². The first-order valence-electron chi connectivity index (χ1n) is 8.40. The molecule has 0 atom stereocenters. The number of rotatable bonds is 7. The summed E-state index contributed by atoms with van der Waals surface area (Å²) in [5.74, 6) is 0.356. The number of ether oxygens (including phenoxy) is 2. The topological polar surface area (TPSA) is 68.7 Å². The van der Waals surface area contributed by atoms with Crippen LogP contribution < -0.4 is 9.47 Å². The third kappa shape index (κ3) is 4.35. The Morgan fingerprint density at radius 3 is 2.59 bits per heavy atom. The van der Waals surface area contributed by atoms with Crippen LogP contribution in [0.4, 0.5) is 0 Å². The van der Waals surface area contributed by atoms with Gasteiger partial charge in [-0.15, -0.1) is 11.3 Å². The molecule has 0 aliphatic carbocycles. The number of carboxylic acids is 1. The molecule has 3 rings (SSSR count). The Balaban J connectivity index is 1.91. The summed E-state index contributed by atoms with van der Waals surface area (Å²) in [5, 5.41) is 10.1. The molecule has 1 heterocycles. The number of hydrogen-bond donors (Lipinski definition) is 1. The van der Waals surface area contributed by atoms with Crippen LogP contribution in [0, 0.1) is 0 Å². The molecule has 0 saturated carbocycles. The first-order chi connectivity index (χ1) is 13.1. The van der Waals surface area contributed by atoms with Crippen molar-refractivity contribution in [1.82, 2.24) is 4.98 Å². The van der Waals surface area contributed by atoms with E-state index in [1.54, 1.807) is 13.2 Å². The van der Waals surface area contributed by atoms with Crippen LogP contribution in [-0.2, 0) is 0 Å². The number of aromatic carboxylic acids is 1. The Bertz CT molecular complexity index is 964. The number of methoxy groups -OCH3 is 1. The van der Waals surface area contributed by atoms with E-state index in [1.165, 1.54) is 0 Å². The Labute approximate surface area is 161 Å². The lowest BCUT2D eigenvalue weighted by Gasteiger charge is -2.09. The van der Waals surface area contributed by atoms with Crippen LogP contribution in [0.1, 0.15) is 27.2 Å². The molecule has 2 aromatic carbocycles. The summed E-state index contributed by atoms with van der Waals surface area (Å²) in [5.41, 5.74) is 2.18. The van der Waals surface area contributed by atoms with Crippen molar-refractivity contribution in [2.45, 2.75) is 6.92 Å². The zero-order chi connectivity index (χ0) is 19.2. The van der Waals surface area contributed by atoms with Crippen molar-refractivity contribution in [2.24, 2.45) is 0 Å². The first-order valence-corrected chi connectivity index (χ1v) is 9.22. The minimum Gasteiger partial charge on any atom is -0.493 e. The fraction of sp³-hybridized carbons (Fsp3) is 0.143. The molecule has 138 valence electrons. The minimum atomic E-state index is -0.978. The SMILES string of the molecule is CCOc1ccc(/C=C/c2nc(-c3ccccc3)c(C(=O)O)s2)cc1OC. The average molecular weight is 381 g/mol. The van der Waals surface area contributed by atoms with Crippen molar-refractivity contribution in [2.75, 3.05) is 13.7 Å². The highest BCUT2D eigenvalue weighted by atomic mass is 32.1. The van der Waals surface area contributed by atoms with Gasteiger partial charge in [-0.2, -0.15) is 0 Å². The third-order valence-corrected chi connectivity index (χ3v) is 4.80. The zero-order valence-electron chi connectivity index (χ0n) is 15.0. The van der Waals surface area contributed by atoms with Crippen molar-refractivity contribution in [1.29, 1.82) is 0 Å². The van der Waals surface area contributed by atoms with Gasteiger partial charge in [0.2, 0.25) is 0 Å². The molecular weight excluding hydrogens is 362 g/mol. The van der Waals surface area contributed by atoms with Crippen LogP contribution in [0.3, 0.4) is 0 Å². The van der Waals surface area contributed by atoms with Crippen LogP contribution in [0.25, 0.3) is 23.4 Å². The quantitative estimate of drug-likeness (QED) is 0.618. The Morgan fingerprint density at radius 2 is 1.93 bits per heavy atom. The Morgan fingerprint density at radius 1 is 1.15 bits per heavy atom. The van der Waals surface area contributed by atoms with Gasteiger partial charge < -0.3 is 14.6 Å². The number of nitrogens with zero attached hydrogens (tertiary/aromatic N) is 1. The maximum atomic E-state index is 11.6. The molecule has 0 fully saturated rings. The smallest absolute Gasteiger partial charge is 0.348 e. The van der Waals surface area contributed by atoms with Gasteiger partial charge in [0.25, 0.3) is 0 Å². The van der Waals surface area contributed by atoms with E-state index in [-0.39, 0.29) is 4.88 Å². The van der Waals surface area contributed by atoms with Crippen LogP contribution in [0.15, 0.2) is 48.5 Å². The fourth-order valence-electron chi connectivity index (χ4n) is 2.57. The lowest BCUT2D eigenvalue weighted by atomic mass is 10.1. The third-order valence-electron chi connectivity index (χ3n) is 3.79. The van der Waals surface area contributed by atoms with E-state index in [2.05, 4.69) is 4.98 Å². The molecule has 0 spiro atoms. The fourth-order valence-corrected chi connectivity index (χ4v) is 3.40. The normalized spacial score (nSPS) is 10.9. The van der Waals surface area contributed by atoms with Crippen molar-refractivity contribution < 1.29 is 19.4 Å². The van der Waals surface area contributed by atoms with Gasteiger partial charge in [-0.25, -0.2) is 9.78 Å². The summed E-state index contributed by atoms with van der Waals surface area (Å²) in [6, 6.07) is 14.9. The maximum absolute atomic E-state index is 11.6. The lowest BCUT2D eigenvalue weighted by Crippen LogP contribution is -1.95. The monoisotopic (exact) mass is 381 g/mol. The van der Waals surface area contributed by atoms with Crippen molar-refractivity contribution >= 4 is 29.5 Å². The van der Waals surface area contributed by atoms with Crippen molar-refractivity contribution in [3.8, 4) is 22.8 Å². The molecule has 0 unspecified atom stereocenters. The number of carboxylic acid groups (broad SMARTS) is 1. The summed E-state index contributed by atoms with van der Waals surface area (Å²) in [6.45, 7) is 2.48. The number of carbonyl (C=O) groups is 1. The lowest BCUT2D eigenvalue weighted by molar-refractivity contribution is 0.0702. The van der Waals surface area contributed by atoms with Gasteiger partial charge in [0.05, 0.1) is 19.4 Å². The van der Waals surface area contributed by atoms with Crippen molar-refractivity contribution in [3.05, 3.63) is 64.0 Å². The van der Waals surface area contributed by atoms with Gasteiger partial charge in [0.1, 0.15) is 9.88 Å². The minimum absolute atomic E-state index is 0.227.